The molecule has 0 fully saturated rings. The number of hydrogen-bond donors (Lipinski definition) is 0. The lowest BCUT2D eigenvalue weighted by Crippen LogP contribution is -2.36. The minimum Gasteiger partial charge on any atom is -0.487 e. The fourth-order valence-electron chi connectivity index (χ4n) is 2.44. The van der Waals surface area contributed by atoms with Crippen molar-refractivity contribution in [2.24, 2.45) is 0 Å². The van der Waals surface area contributed by atoms with E-state index in [1.54, 1.807) is 0 Å². The van der Waals surface area contributed by atoms with Crippen molar-refractivity contribution in [3.8, 4) is 5.75 Å². The zero-order valence-electron chi connectivity index (χ0n) is 10.0. The van der Waals surface area contributed by atoms with E-state index in [4.69, 9.17) is 16.3 Å². The highest BCUT2D eigenvalue weighted by Crippen LogP contribution is 2.37. The third kappa shape index (κ3) is 2.20. The van der Waals surface area contributed by atoms with E-state index in [1.165, 1.54) is 5.56 Å². The first-order valence-corrected chi connectivity index (χ1v) is 6.54. The van der Waals surface area contributed by atoms with Crippen LogP contribution in [0.3, 0.4) is 0 Å². The molecule has 1 heterocycles. The molecule has 1 aromatic carbocycles. The summed E-state index contributed by atoms with van der Waals surface area (Å²) in [4.78, 5) is 0. The molecule has 0 aromatic heterocycles. The molecule has 0 bridgehead atoms. The molecule has 2 heteroatoms. The minimum atomic E-state index is -0.0704. The molecule has 0 saturated heterocycles. The number of fused-ring (bicyclic) bond motifs is 1. The van der Waals surface area contributed by atoms with Gasteiger partial charge in [-0.1, -0.05) is 32.0 Å². The number of benzene rings is 1. The molecule has 1 aliphatic rings. The Morgan fingerprint density at radius 3 is 2.69 bits per heavy atom. The molecule has 0 saturated carbocycles. The predicted molar refractivity (Wildman–Crippen MR) is 68.3 cm³/mol. The molecular weight excluding hydrogens is 220 g/mol. The molecule has 1 unspecified atom stereocenters. The van der Waals surface area contributed by atoms with Crippen LogP contribution in [0.25, 0.3) is 0 Å². The summed E-state index contributed by atoms with van der Waals surface area (Å²) >= 11 is 6.41. The number of halogens is 1. The Hall–Kier alpha value is -0.690. The van der Waals surface area contributed by atoms with Crippen molar-refractivity contribution >= 4 is 11.6 Å². The van der Waals surface area contributed by atoms with Gasteiger partial charge >= 0.3 is 0 Å². The lowest BCUT2D eigenvalue weighted by atomic mass is 9.91. The number of rotatable bonds is 2. The Balaban J connectivity index is 2.37. The van der Waals surface area contributed by atoms with Crippen molar-refractivity contribution in [3.05, 3.63) is 29.8 Å². The van der Waals surface area contributed by atoms with Crippen LogP contribution in [0.4, 0.5) is 0 Å². The fraction of sp³-hybridized carbons (Fsp3) is 0.571. The van der Waals surface area contributed by atoms with E-state index in [1.807, 2.05) is 6.07 Å². The van der Waals surface area contributed by atoms with Crippen molar-refractivity contribution in [1.29, 1.82) is 0 Å². The lowest BCUT2D eigenvalue weighted by Gasteiger charge is -2.32. The van der Waals surface area contributed by atoms with Gasteiger partial charge in [0, 0.05) is 11.8 Å². The van der Waals surface area contributed by atoms with E-state index >= 15 is 0 Å². The van der Waals surface area contributed by atoms with Gasteiger partial charge in [0.1, 0.15) is 11.4 Å². The van der Waals surface area contributed by atoms with E-state index in [0.29, 0.717) is 0 Å². The molecule has 16 heavy (non-hydrogen) atoms. The maximum Gasteiger partial charge on any atom is 0.123 e. The molecule has 0 spiro atoms. The zero-order valence-corrected chi connectivity index (χ0v) is 10.8. The van der Waals surface area contributed by atoms with Gasteiger partial charge in [-0.2, -0.15) is 0 Å². The number of alkyl halides is 1. The summed E-state index contributed by atoms with van der Waals surface area (Å²) in [6.07, 6.45) is 3.89. The van der Waals surface area contributed by atoms with Gasteiger partial charge < -0.3 is 4.74 Å². The highest BCUT2D eigenvalue weighted by Gasteiger charge is 2.34. The van der Waals surface area contributed by atoms with Gasteiger partial charge in [0.05, 0.1) is 0 Å². The van der Waals surface area contributed by atoms with Gasteiger partial charge in [-0.05, 0) is 30.9 Å². The van der Waals surface area contributed by atoms with Crippen LogP contribution in [0.1, 0.15) is 38.7 Å². The second kappa shape index (κ2) is 4.67. The fourth-order valence-corrected chi connectivity index (χ4v) is 2.89. The third-order valence-electron chi connectivity index (χ3n) is 3.62. The Morgan fingerprint density at radius 2 is 2.00 bits per heavy atom. The van der Waals surface area contributed by atoms with E-state index in [9.17, 15) is 0 Å². The van der Waals surface area contributed by atoms with Crippen molar-refractivity contribution < 1.29 is 4.74 Å². The monoisotopic (exact) mass is 238 g/mol. The van der Waals surface area contributed by atoms with Crippen LogP contribution >= 0.6 is 11.6 Å². The summed E-state index contributed by atoms with van der Waals surface area (Å²) in [6.45, 7) is 4.36. The number of ether oxygens (including phenoxy) is 1. The molecule has 0 aliphatic carbocycles. The molecule has 0 amide bonds. The van der Waals surface area contributed by atoms with Crippen LogP contribution in [0.2, 0.25) is 0 Å². The van der Waals surface area contributed by atoms with Crippen LogP contribution in [-0.2, 0) is 6.42 Å². The van der Waals surface area contributed by atoms with Gasteiger partial charge in [-0.3, -0.25) is 0 Å². The summed E-state index contributed by atoms with van der Waals surface area (Å²) in [5, 5.41) is 0.184. The Bertz CT molecular complexity index is 358. The Morgan fingerprint density at radius 1 is 1.31 bits per heavy atom. The van der Waals surface area contributed by atoms with Crippen molar-refractivity contribution in [2.45, 2.75) is 50.5 Å². The Kier molecular flexibility index (Phi) is 3.44. The normalized spacial score (nSPS) is 23.1. The van der Waals surface area contributed by atoms with Crippen LogP contribution in [0.15, 0.2) is 24.3 Å². The van der Waals surface area contributed by atoms with E-state index in [-0.39, 0.29) is 11.0 Å². The summed E-state index contributed by atoms with van der Waals surface area (Å²) in [5.41, 5.74) is 1.17. The molecular formula is C14H19ClO. The highest BCUT2D eigenvalue weighted by atomic mass is 35.5. The lowest BCUT2D eigenvalue weighted by molar-refractivity contribution is 0.0553. The van der Waals surface area contributed by atoms with E-state index in [2.05, 4.69) is 32.0 Å². The molecule has 0 radical (unpaired) electrons. The van der Waals surface area contributed by atoms with Crippen molar-refractivity contribution in [2.75, 3.05) is 0 Å². The third-order valence-corrected chi connectivity index (χ3v) is 3.93. The predicted octanol–water partition coefficient (Wildman–Crippen LogP) is 4.18. The van der Waals surface area contributed by atoms with Gasteiger partial charge in [0.2, 0.25) is 0 Å². The van der Waals surface area contributed by atoms with E-state index < -0.39 is 0 Å². The molecule has 1 nitrogen and oxygen atoms in total. The van der Waals surface area contributed by atoms with Crippen LogP contribution < -0.4 is 4.74 Å². The molecule has 88 valence electrons. The number of para-hydroxylation sites is 1. The first kappa shape index (κ1) is 11.8. The van der Waals surface area contributed by atoms with Crippen LogP contribution in [0, 0.1) is 0 Å². The quantitative estimate of drug-likeness (QED) is 0.703. The SMILES string of the molecule is CCC1(CC)CC(Cl)Cc2ccccc2O1. The zero-order chi connectivity index (χ0) is 11.6. The number of hydrogen-bond acceptors (Lipinski definition) is 1. The van der Waals surface area contributed by atoms with Crippen LogP contribution in [0.5, 0.6) is 5.75 Å². The van der Waals surface area contributed by atoms with Gasteiger partial charge in [0.25, 0.3) is 0 Å². The average Bonchev–Trinajstić information content (AvgIpc) is 2.44. The van der Waals surface area contributed by atoms with Crippen molar-refractivity contribution in [3.63, 3.8) is 0 Å². The highest BCUT2D eigenvalue weighted by molar-refractivity contribution is 6.20. The smallest absolute Gasteiger partial charge is 0.123 e. The molecule has 1 aromatic rings. The molecule has 0 N–H and O–H groups in total. The maximum absolute atomic E-state index is 6.41. The van der Waals surface area contributed by atoms with Crippen LogP contribution in [-0.4, -0.2) is 11.0 Å². The van der Waals surface area contributed by atoms with Gasteiger partial charge in [0.15, 0.2) is 0 Å². The maximum atomic E-state index is 6.41. The van der Waals surface area contributed by atoms with Crippen molar-refractivity contribution in [1.82, 2.24) is 0 Å². The second-order valence-electron chi connectivity index (χ2n) is 4.61. The minimum absolute atomic E-state index is 0.0704. The standard InChI is InChI=1S/C14H19ClO/c1-3-14(4-2)10-12(15)9-11-7-5-6-8-13(11)16-14/h5-8,12H,3-4,9-10H2,1-2H3. The first-order chi connectivity index (χ1) is 7.69. The topological polar surface area (TPSA) is 9.23 Å². The summed E-state index contributed by atoms with van der Waals surface area (Å²) in [5.74, 6) is 1.02. The Labute approximate surface area is 103 Å². The molecule has 1 atom stereocenters. The largest absolute Gasteiger partial charge is 0.487 e. The second-order valence-corrected chi connectivity index (χ2v) is 5.22. The summed E-state index contributed by atoms with van der Waals surface area (Å²) in [7, 11) is 0. The summed E-state index contributed by atoms with van der Waals surface area (Å²) in [6, 6.07) is 8.26. The van der Waals surface area contributed by atoms with Gasteiger partial charge in [-0.25, -0.2) is 0 Å². The van der Waals surface area contributed by atoms with Gasteiger partial charge in [-0.15, -0.1) is 11.6 Å². The first-order valence-electron chi connectivity index (χ1n) is 6.10. The molecule has 1 aliphatic heterocycles. The molecule has 2 rings (SSSR count). The van der Waals surface area contributed by atoms with E-state index in [0.717, 1.165) is 31.4 Å². The summed E-state index contributed by atoms with van der Waals surface area (Å²) < 4.78 is 6.23. The average molecular weight is 239 g/mol.